The molecule has 0 spiro atoms. The Kier molecular flexibility index (Phi) is 7.65. The first-order valence-electron chi connectivity index (χ1n) is 9.93. The number of methoxy groups -OCH3 is 1. The molecule has 0 aliphatic heterocycles. The van der Waals surface area contributed by atoms with Crippen LogP contribution in [0, 0.1) is 0 Å². The number of rotatable bonds is 9. The van der Waals surface area contributed by atoms with Crippen LogP contribution in [0.15, 0.2) is 78.9 Å². The van der Waals surface area contributed by atoms with Crippen molar-refractivity contribution in [1.82, 2.24) is 5.32 Å². The fraction of sp³-hybridized carbons (Fsp3) is 0.200. The van der Waals surface area contributed by atoms with Crippen LogP contribution < -0.4 is 14.8 Å². The topological polar surface area (TPSA) is 73.9 Å². The van der Waals surface area contributed by atoms with Gasteiger partial charge in [-0.15, -0.1) is 0 Å². The van der Waals surface area contributed by atoms with Crippen molar-refractivity contribution in [1.29, 1.82) is 0 Å². The summed E-state index contributed by atoms with van der Waals surface area (Å²) in [6.45, 7) is 2.26. The highest BCUT2D eigenvalue weighted by Crippen LogP contribution is 2.17. The van der Waals surface area contributed by atoms with Gasteiger partial charge in [-0.3, -0.25) is 4.79 Å². The molecule has 6 nitrogen and oxygen atoms in total. The number of carbonyl (C=O) groups is 2. The van der Waals surface area contributed by atoms with E-state index in [0.29, 0.717) is 24.5 Å². The minimum atomic E-state index is -0.931. The molecule has 0 saturated heterocycles. The summed E-state index contributed by atoms with van der Waals surface area (Å²) in [4.78, 5) is 24.8. The van der Waals surface area contributed by atoms with Gasteiger partial charge in [0, 0.05) is 6.54 Å². The Hall–Kier alpha value is -3.80. The van der Waals surface area contributed by atoms with E-state index in [1.54, 1.807) is 31.4 Å². The number of nitrogens with one attached hydrogen (secondary N) is 1. The summed E-state index contributed by atoms with van der Waals surface area (Å²) in [5.41, 5.74) is 2.26. The van der Waals surface area contributed by atoms with Crippen LogP contribution in [0.1, 0.15) is 28.4 Å². The van der Waals surface area contributed by atoms with Gasteiger partial charge in [0.05, 0.1) is 12.7 Å². The van der Waals surface area contributed by atoms with Crippen molar-refractivity contribution in [3.63, 3.8) is 0 Å². The highest BCUT2D eigenvalue weighted by atomic mass is 16.5. The first kappa shape index (κ1) is 21.9. The minimum absolute atomic E-state index is 0.320. The molecule has 0 radical (unpaired) electrons. The zero-order chi connectivity index (χ0) is 22.1. The van der Waals surface area contributed by atoms with Gasteiger partial charge in [0.2, 0.25) is 0 Å². The van der Waals surface area contributed by atoms with Crippen LogP contribution in [0.4, 0.5) is 0 Å². The van der Waals surface area contributed by atoms with Crippen LogP contribution >= 0.6 is 0 Å². The molecule has 3 rings (SSSR count). The Balaban J connectivity index is 1.50. The van der Waals surface area contributed by atoms with Crippen LogP contribution in [-0.2, 0) is 22.7 Å². The molecule has 160 valence electrons. The van der Waals surface area contributed by atoms with Crippen LogP contribution in [0.2, 0.25) is 0 Å². The van der Waals surface area contributed by atoms with Gasteiger partial charge in [0.1, 0.15) is 18.1 Å². The zero-order valence-corrected chi connectivity index (χ0v) is 17.5. The predicted octanol–water partition coefficient (Wildman–Crippen LogP) is 4.14. The average molecular weight is 419 g/mol. The van der Waals surface area contributed by atoms with Crippen molar-refractivity contribution in [2.75, 3.05) is 7.11 Å². The molecule has 0 saturated carbocycles. The Morgan fingerprint density at radius 2 is 1.61 bits per heavy atom. The van der Waals surface area contributed by atoms with E-state index in [9.17, 15) is 9.59 Å². The second-order valence-electron chi connectivity index (χ2n) is 6.92. The SMILES string of the molecule is COc1ccc(CNC(=O)[C@H](C)OC(=O)c2cccc(OCc3ccccc3)c2)cc1. The monoisotopic (exact) mass is 419 g/mol. The van der Waals surface area contributed by atoms with Gasteiger partial charge in [-0.2, -0.15) is 0 Å². The second-order valence-corrected chi connectivity index (χ2v) is 6.92. The highest BCUT2D eigenvalue weighted by molar-refractivity contribution is 5.92. The van der Waals surface area contributed by atoms with E-state index in [2.05, 4.69) is 5.32 Å². The van der Waals surface area contributed by atoms with Crippen LogP contribution in [-0.4, -0.2) is 25.1 Å². The molecule has 0 aliphatic carbocycles. The average Bonchev–Trinajstić information content (AvgIpc) is 2.82. The van der Waals surface area contributed by atoms with Crippen LogP contribution in [0.3, 0.4) is 0 Å². The van der Waals surface area contributed by atoms with Gasteiger partial charge in [-0.1, -0.05) is 48.5 Å². The molecule has 1 atom stereocenters. The van der Waals surface area contributed by atoms with E-state index in [1.807, 2.05) is 54.6 Å². The normalized spacial score (nSPS) is 11.3. The number of benzene rings is 3. The van der Waals surface area contributed by atoms with E-state index in [-0.39, 0.29) is 5.91 Å². The van der Waals surface area contributed by atoms with Crippen molar-refractivity contribution in [3.8, 4) is 11.5 Å². The first-order valence-corrected chi connectivity index (χ1v) is 9.93. The van der Waals surface area contributed by atoms with E-state index >= 15 is 0 Å². The molecular formula is C25H25NO5. The lowest BCUT2D eigenvalue weighted by Gasteiger charge is -2.14. The first-order chi connectivity index (χ1) is 15.0. The van der Waals surface area contributed by atoms with Crippen LogP contribution in [0.5, 0.6) is 11.5 Å². The summed E-state index contributed by atoms with van der Waals surface area (Å²) >= 11 is 0. The van der Waals surface area contributed by atoms with Gasteiger partial charge in [0.25, 0.3) is 5.91 Å². The van der Waals surface area contributed by atoms with Gasteiger partial charge in [-0.05, 0) is 48.4 Å². The predicted molar refractivity (Wildman–Crippen MR) is 117 cm³/mol. The number of esters is 1. The summed E-state index contributed by atoms with van der Waals surface area (Å²) < 4.78 is 16.2. The van der Waals surface area contributed by atoms with Crippen molar-refractivity contribution in [2.24, 2.45) is 0 Å². The molecule has 6 heteroatoms. The van der Waals surface area contributed by atoms with Crippen molar-refractivity contribution in [3.05, 3.63) is 95.6 Å². The number of hydrogen-bond acceptors (Lipinski definition) is 5. The third-order valence-corrected chi connectivity index (χ3v) is 4.60. The van der Waals surface area contributed by atoms with Gasteiger partial charge in [0.15, 0.2) is 6.10 Å². The lowest BCUT2D eigenvalue weighted by atomic mass is 10.2. The Labute approximate surface area is 181 Å². The quantitative estimate of drug-likeness (QED) is 0.528. The van der Waals surface area contributed by atoms with Gasteiger partial charge < -0.3 is 19.5 Å². The van der Waals surface area contributed by atoms with Crippen LogP contribution in [0.25, 0.3) is 0 Å². The number of carbonyl (C=O) groups excluding carboxylic acids is 2. The maximum atomic E-state index is 12.5. The molecule has 0 aliphatic rings. The van der Waals surface area contributed by atoms with Gasteiger partial charge in [-0.25, -0.2) is 4.79 Å². The summed E-state index contributed by atoms with van der Waals surface area (Å²) in [5.74, 6) is 0.333. The minimum Gasteiger partial charge on any atom is -0.497 e. The highest BCUT2D eigenvalue weighted by Gasteiger charge is 2.19. The third kappa shape index (κ3) is 6.60. The maximum Gasteiger partial charge on any atom is 0.339 e. The summed E-state index contributed by atoms with van der Waals surface area (Å²) in [7, 11) is 1.60. The Morgan fingerprint density at radius 3 is 2.32 bits per heavy atom. The third-order valence-electron chi connectivity index (χ3n) is 4.60. The molecular weight excluding hydrogens is 394 g/mol. The lowest BCUT2D eigenvalue weighted by molar-refractivity contribution is -0.129. The smallest absolute Gasteiger partial charge is 0.339 e. The summed E-state index contributed by atoms with van der Waals surface area (Å²) in [6, 6.07) is 23.8. The van der Waals surface area contributed by atoms with E-state index in [4.69, 9.17) is 14.2 Å². The molecule has 3 aromatic rings. The molecule has 0 unspecified atom stereocenters. The molecule has 1 N–H and O–H groups in total. The van der Waals surface area contributed by atoms with Crippen molar-refractivity contribution < 1.29 is 23.8 Å². The Bertz CT molecular complexity index is 1000. The maximum absolute atomic E-state index is 12.5. The summed E-state index contributed by atoms with van der Waals surface area (Å²) in [6.07, 6.45) is -0.931. The molecule has 0 fully saturated rings. The standard InChI is InChI=1S/C25H25NO5/c1-18(24(27)26-16-19-11-13-22(29-2)14-12-19)31-25(28)21-9-6-10-23(15-21)30-17-20-7-4-3-5-8-20/h3-15,18H,16-17H2,1-2H3,(H,26,27)/t18-/m0/s1. The fourth-order valence-corrected chi connectivity index (χ4v) is 2.81. The van der Waals surface area contributed by atoms with E-state index in [0.717, 1.165) is 16.9 Å². The van der Waals surface area contributed by atoms with Crippen molar-refractivity contribution in [2.45, 2.75) is 26.2 Å². The van der Waals surface area contributed by atoms with Gasteiger partial charge >= 0.3 is 5.97 Å². The lowest BCUT2D eigenvalue weighted by Crippen LogP contribution is -2.35. The molecule has 0 bridgehead atoms. The number of amides is 1. The largest absolute Gasteiger partial charge is 0.497 e. The summed E-state index contributed by atoms with van der Waals surface area (Å²) in [5, 5.41) is 2.76. The molecule has 0 heterocycles. The van der Waals surface area contributed by atoms with E-state index < -0.39 is 12.1 Å². The molecule has 3 aromatic carbocycles. The number of ether oxygens (including phenoxy) is 3. The van der Waals surface area contributed by atoms with Crippen molar-refractivity contribution >= 4 is 11.9 Å². The molecule has 0 aromatic heterocycles. The second kappa shape index (κ2) is 10.8. The zero-order valence-electron chi connectivity index (χ0n) is 17.5. The molecule has 31 heavy (non-hydrogen) atoms. The number of hydrogen-bond donors (Lipinski definition) is 1. The van der Waals surface area contributed by atoms with E-state index in [1.165, 1.54) is 6.92 Å². The fourth-order valence-electron chi connectivity index (χ4n) is 2.81. The molecule has 1 amide bonds. The Morgan fingerprint density at radius 1 is 0.871 bits per heavy atom.